The first-order valence-corrected chi connectivity index (χ1v) is 4.42. The topological polar surface area (TPSA) is 46.5 Å². The Morgan fingerprint density at radius 2 is 2.33 bits per heavy atom. The van der Waals surface area contributed by atoms with Crippen LogP contribution in [-0.4, -0.2) is 17.7 Å². The third-order valence-electron chi connectivity index (χ3n) is 1.74. The van der Waals surface area contributed by atoms with Gasteiger partial charge in [0.2, 0.25) is 0 Å². The molecule has 0 amide bonds. The minimum Gasteiger partial charge on any atom is -0.489 e. The number of carboxylic acid groups (broad SMARTS) is 1. The first-order valence-electron chi connectivity index (χ1n) is 4.42. The minimum atomic E-state index is -1.13. The lowest BCUT2D eigenvalue weighted by Gasteiger charge is -2.06. The molecule has 0 spiro atoms. The molecule has 0 aliphatic carbocycles. The van der Waals surface area contributed by atoms with Crippen LogP contribution in [0.1, 0.15) is 17.3 Å². The average molecular weight is 210 g/mol. The van der Waals surface area contributed by atoms with Crippen LogP contribution < -0.4 is 4.74 Å². The molecule has 1 aromatic carbocycles. The Kier molecular flexibility index (Phi) is 3.85. The predicted octanol–water partition coefficient (Wildman–Crippen LogP) is 2.48. The standard InChI is InChI=1S/C11H11FO3/c1-2-3-6-15-10-7-8(12)4-5-9(10)11(13)14/h2-5,7H,6H2,1H3,(H,13,14)/b3-2+. The third kappa shape index (κ3) is 3.09. The number of benzene rings is 1. The van der Waals surface area contributed by atoms with Crippen molar-refractivity contribution >= 4 is 5.97 Å². The maximum Gasteiger partial charge on any atom is 0.339 e. The van der Waals surface area contributed by atoms with Crippen molar-refractivity contribution in [2.75, 3.05) is 6.61 Å². The molecule has 0 fully saturated rings. The molecule has 0 saturated heterocycles. The van der Waals surface area contributed by atoms with E-state index in [1.54, 1.807) is 12.2 Å². The monoisotopic (exact) mass is 210 g/mol. The van der Waals surface area contributed by atoms with Gasteiger partial charge in [0.05, 0.1) is 0 Å². The summed E-state index contributed by atoms with van der Waals surface area (Å²) < 4.78 is 17.9. The first-order chi connectivity index (χ1) is 7.15. The van der Waals surface area contributed by atoms with Gasteiger partial charge in [-0.2, -0.15) is 0 Å². The molecule has 3 nitrogen and oxygen atoms in total. The second kappa shape index (κ2) is 5.14. The van der Waals surface area contributed by atoms with Crippen molar-refractivity contribution in [1.82, 2.24) is 0 Å². The molecule has 0 radical (unpaired) electrons. The van der Waals surface area contributed by atoms with Crippen molar-refractivity contribution in [3.8, 4) is 5.75 Å². The molecule has 0 aromatic heterocycles. The molecule has 0 aliphatic heterocycles. The molecule has 0 heterocycles. The molecule has 15 heavy (non-hydrogen) atoms. The van der Waals surface area contributed by atoms with Gasteiger partial charge in [-0.05, 0) is 19.1 Å². The Bertz CT molecular complexity index is 385. The third-order valence-corrected chi connectivity index (χ3v) is 1.74. The van der Waals surface area contributed by atoms with Gasteiger partial charge >= 0.3 is 5.97 Å². The van der Waals surface area contributed by atoms with Gasteiger partial charge in [-0.3, -0.25) is 0 Å². The summed E-state index contributed by atoms with van der Waals surface area (Å²) in [6.45, 7) is 2.03. The number of halogens is 1. The highest BCUT2D eigenvalue weighted by Crippen LogP contribution is 2.19. The average Bonchev–Trinajstić information content (AvgIpc) is 2.18. The van der Waals surface area contributed by atoms with Crippen molar-refractivity contribution in [1.29, 1.82) is 0 Å². The van der Waals surface area contributed by atoms with Gasteiger partial charge in [-0.15, -0.1) is 0 Å². The van der Waals surface area contributed by atoms with Gasteiger partial charge in [-0.1, -0.05) is 12.2 Å². The smallest absolute Gasteiger partial charge is 0.339 e. The fourth-order valence-corrected chi connectivity index (χ4v) is 1.03. The van der Waals surface area contributed by atoms with E-state index < -0.39 is 11.8 Å². The summed E-state index contributed by atoms with van der Waals surface area (Å²) in [6, 6.07) is 3.33. The summed E-state index contributed by atoms with van der Waals surface area (Å²) in [5.74, 6) is -1.61. The fraction of sp³-hybridized carbons (Fsp3) is 0.182. The van der Waals surface area contributed by atoms with Crippen LogP contribution in [0.2, 0.25) is 0 Å². The normalized spacial score (nSPS) is 10.5. The molecule has 0 unspecified atom stereocenters. The zero-order valence-corrected chi connectivity index (χ0v) is 8.24. The summed E-state index contributed by atoms with van der Waals surface area (Å²) >= 11 is 0. The number of hydrogen-bond donors (Lipinski definition) is 1. The van der Waals surface area contributed by atoms with E-state index in [0.29, 0.717) is 0 Å². The number of rotatable bonds is 4. The van der Waals surface area contributed by atoms with Crippen LogP contribution in [0.4, 0.5) is 4.39 Å². The second-order valence-electron chi connectivity index (χ2n) is 2.83. The summed E-state index contributed by atoms with van der Waals surface area (Å²) in [4.78, 5) is 10.7. The highest BCUT2D eigenvalue weighted by Gasteiger charge is 2.11. The largest absolute Gasteiger partial charge is 0.489 e. The van der Waals surface area contributed by atoms with Gasteiger partial charge in [0, 0.05) is 6.07 Å². The summed E-state index contributed by atoms with van der Waals surface area (Å²) in [6.07, 6.45) is 3.47. The van der Waals surface area contributed by atoms with E-state index in [-0.39, 0.29) is 17.9 Å². The Hall–Kier alpha value is -1.84. The van der Waals surface area contributed by atoms with Crippen molar-refractivity contribution in [2.24, 2.45) is 0 Å². The summed E-state index contributed by atoms with van der Waals surface area (Å²) in [5.41, 5.74) is -0.0408. The fourth-order valence-electron chi connectivity index (χ4n) is 1.03. The van der Waals surface area contributed by atoms with Crippen molar-refractivity contribution in [3.05, 3.63) is 41.7 Å². The Balaban J connectivity index is 2.91. The van der Waals surface area contributed by atoms with Crippen LogP contribution in [0.3, 0.4) is 0 Å². The number of carboxylic acids is 1. The molecule has 0 aliphatic rings. The predicted molar refractivity (Wildman–Crippen MR) is 53.7 cm³/mol. The van der Waals surface area contributed by atoms with Gasteiger partial charge in [-0.25, -0.2) is 9.18 Å². The maximum absolute atomic E-state index is 12.8. The lowest BCUT2D eigenvalue weighted by Crippen LogP contribution is -2.03. The Morgan fingerprint density at radius 3 is 2.93 bits per heavy atom. The number of ether oxygens (including phenoxy) is 1. The zero-order chi connectivity index (χ0) is 11.3. The molecule has 0 atom stereocenters. The van der Waals surface area contributed by atoms with E-state index in [4.69, 9.17) is 9.84 Å². The van der Waals surface area contributed by atoms with E-state index in [1.165, 1.54) is 6.07 Å². The molecule has 4 heteroatoms. The van der Waals surface area contributed by atoms with Gasteiger partial charge in [0.25, 0.3) is 0 Å². The first kappa shape index (κ1) is 11.2. The van der Waals surface area contributed by atoms with Gasteiger partial charge < -0.3 is 9.84 Å². The van der Waals surface area contributed by atoms with E-state index in [2.05, 4.69) is 0 Å². The summed E-state index contributed by atoms with van der Waals surface area (Å²) in [7, 11) is 0. The molecule has 1 N–H and O–H groups in total. The molecular formula is C11H11FO3. The molecule has 1 rings (SSSR count). The van der Waals surface area contributed by atoms with E-state index in [1.807, 2.05) is 6.92 Å². The van der Waals surface area contributed by atoms with E-state index in [9.17, 15) is 9.18 Å². The minimum absolute atomic E-state index is 0.0408. The second-order valence-corrected chi connectivity index (χ2v) is 2.83. The number of carbonyl (C=O) groups is 1. The van der Waals surface area contributed by atoms with Gasteiger partial charge in [0.15, 0.2) is 0 Å². The van der Waals surface area contributed by atoms with Crippen molar-refractivity contribution < 1.29 is 19.0 Å². The maximum atomic E-state index is 12.8. The molecule has 80 valence electrons. The van der Waals surface area contributed by atoms with Gasteiger partial charge in [0.1, 0.15) is 23.7 Å². The van der Waals surface area contributed by atoms with Crippen LogP contribution in [0.25, 0.3) is 0 Å². The number of aromatic carboxylic acids is 1. The Morgan fingerprint density at radius 1 is 1.60 bits per heavy atom. The quantitative estimate of drug-likeness (QED) is 0.776. The summed E-state index contributed by atoms with van der Waals surface area (Å²) in [5, 5.41) is 8.79. The van der Waals surface area contributed by atoms with E-state index in [0.717, 1.165) is 12.1 Å². The van der Waals surface area contributed by atoms with Crippen LogP contribution in [-0.2, 0) is 0 Å². The van der Waals surface area contributed by atoms with Crippen molar-refractivity contribution in [2.45, 2.75) is 6.92 Å². The highest BCUT2D eigenvalue weighted by atomic mass is 19.1. The van der Waals surface area contributed by atoms with E-state index >= 15 is 0 Å². The number of allylic oxidation sites excluding steroid dienone is 1. The molecule has 0 bridgehead atoms. The Labute approximate surface area is 86.8 Å². The van der Waals surface area contributed by atoms with Crippen LogP contribution in [0.5, 0.6) is 5.75 Å². The van der Waals surface area contributed by atoms with Crippen LogP contribution in [0, 0.1) is 5.82 Å². The lowest BCUT2D eigenvalue weighted by molar-refractivity contribution is 0.0692. The lowest BCUT2D eigenvalue weighted by atomic mass is 10.2. The van der Waals surface area contributed by atoms with Crippen LogP contribution in [0.15, 0.2) is 30.4 Å². The molecule has 1 aromatic rings. The molecular weight excluding hydrogens is 199 g/mol. The SMILES string of the molecule is C/C=C/COc1cc(F)ccc1C(=O)O. The molecule has 0 saturated carbocycles. The zero-order valence-electron chi connectivity index (χ0n) is 8.24. The van der Waals surface area contributed by atoms with Crippen LogP contribution >= 0.6 is 0 Å². The van der Waals surface area contributed by atoms with Crippen molar-refractivity contribution in [3.63, 3.8) is 0 Å². The number of hydrogen-bond acceptors (Lipinski definition) is 2. The highest BCUT2D eigenvalue weighted by molar-refractivity contribution is 5.90.